The topological polar surface area (TPSA) is 43.7 Å². The van der Waals surface area contributed by atoms with Crippen molar-refractivity contribution in [3.8, 4) is 0 Å². The summed E-state index contributed by atoms with van der Waals surface area (Å²) in [6.07, 6.45) is -6.20. The highest BCUT2D eigenvalue weighted by atomic mass is 19.4. The number of aliphatic hydroxyl groups excluding tert-OH is 2. The zero-order valence-corrected chi connectivity index (χ0v) is 12.3. The number of hydrogen-bond acceptors (Lipinski definition) is 3. The molecule has 0 saturated heterocycles. The Morgan fingerprint density at radius 1 is 1.19 bits per heavy atom. The second-order valence-electron chi connectivity index (χ2n) is 5.36. The van der Waals surface area contributed by atoms with Crippen molar-refractivity contribution in [1.29, 1.82) is 0 Å². The molecule has 0 amide bonds. The summed E-state index contributed by atoms with van der Waals surface area (Å²) in [6, 6.07) is 5.73. The molecule has 1 rings (SSSR count). The van der Waals surface area contributed by atoms with Crippen molar-refractivity contribution in [1.82, 2.24) is 4.90 Å². The van der Waals surface area contributed by atoms with Crippen LogP contribution in [0.15, 0.2) is 18.2 Å². The van der Waals surface area contributed by atoms with Crippen molar-refractivity contribution in [2.75, 3.05) is 19.7 Å². The van der Waals surface area contributed by atoms with E-state index in [1.54, 1.807) is 0 Å². The highest BCUT2D eigenvalue weighted by molar-refractivity contribution is 5.29. The summed E-state index contributed by atoms with van der Waals surface area (Å²) < 4.78 is 37.1. The van der Waals surface area contributed by atoms with Gasteiger partial charge in [-0.1, -0.05) is 18.2 Å². The second-order valence-corrected chi connectivity index (χ2v) is 5.36. The minimum Gasteiger partial charge on any atom is -0.394 e. The lowest BCUT2D eigenvalue weighted by Gasteiger charge is -2.25. The molecule has 0 radical (unpaired) electrons. The molecule has 0 aromatic heterocycles. The second kappa shape index (κ2) is 7.77. The van der Waals surface area contributed by atoms with Gasteiger partial charge < -0.3 is 10.2 Å². The molecule has 0 aliphatic heterocycles. The number of nitrogens with zero attached hydrogens (tertiary/aromatic N) is 1. The number of alkyl halides is 3. The van der Waals surface area contributed by atoms with Gasteiger partial charge in [0.05, 0.1) is 19.1 Å². The highest BCUT2D eigenvalue weighted by Crippen LogP contribution is 2.21. The van der Waals surface area contributed by atoms with E-state index >= 15 is 0 Å². The van der Waals surface area contributed by atoms with Crippen LogP contribution in [0.2, 0.25) is 0 Å². The number of benzene rings is 1. The molecular formula is C15H22F3NO2. The molecule has 6 heteroatoms. The Hall–Kier alpha value is -1.11. The third kappa shape index (κ3) is 6.93. The van der Waals surface area contributed by atoms with Gasteiger partial charge in [0, 0.05) is 19.6 Å². The van der Waals surface area contributed by atoms with Crippen LogP contribution in [0.5, 0.6) is 0 Å². The Kier molecular flexibility index (Phi) is 6.64. The SMILES string of the molecule is Cc1ccc(CN(CCC(F)(F)F)C[C@H](O)CO)cc1C. The van der Waals surface area contributed by atoms with Gasteiger partial charge in [-0.2, -0.15) is 13.2 Å². The highest BCUT2D eigenvalue weighted by Gasteiger charge is 2.28. The summed E-state index contributed by atoms with van der Waals surface area (Å²) in [4.78, 5) is 1.51. The maximum atomic E-state index is 12.4. The maximum absolute atomic E-state index is 12.4. The van der Waals surface area contributed by atoms with Crippen LogP contribution in [0.1, 0.15) is 23.1 Å². The van der Waals surface area contributed by atoms with Crippen molar-refractivity contribution >= 4 is 0 Å². The van der Waals surface area contributed by atoms with Gasteiger partial charge in [0.1, 0.15) is 0 Å². The van der Waals surface area contributed by atoms with E-state index in [9.17, 15) is 18.3 Å². The molecule has 0 fully saturated rings. The van der Waals surface area contributed by atoms with E-state index in [0.717, 1.165) is 16.7 Å². The summed E-state index contributed by atoms with van der Waals surface area (Å²) in [5, 5.41) is 18.3. The minimum atomic E-state index is -4.23. The molecular weight excluding hydrogens is 283 g/mol. The van der Waals surface area contributed by atoms with Gasteiger partial charge in [-0.25, -0.2) is 0 Å². The fraction of sp³-hybridized carbons (Fsp3) is 0.600. The normalized spacial score (nSPS) is 13.7. The monoisotopic (exact) mass is 305 g/mol. The van der Waals surface area contributed by atoms with E-state index in [1.165, 1.54) is 4.90 Å². The van der Waals surface area contributed by atoms with Crippen LogP contribution in [0.3, 0.4) is 0 Å². The molecule has 1 aromatic carbocycles. The van der Waals surface area contributed by atoms with Gasteiger partial charge in [0.15, 0.2) is 0 Å². The largest absolute Gasteiger partial charge is 0.394 e. The fourth-order valence-electron chi connectivity index (χ4n) is 2.04. The van der Waals surface area contributed by atoms with E-state index in [4.69, 9.17) is 5.11 Å². The first-order valence-electron chi connectivity index (χ1n) is 6.85. The smallest absolute Gasteiger partial charge is 0.390 e. The first kappa shape index (κ1) is 17.9. The Morgan fingerprint density at radius 3 is 2.38 bits per heavy atom. The Labute approximate surface area is 123 Å². The van der Waals surface area contributed by atoms with Gasteiger partial charge in [-0.05, 0) is 30.5 Å². The molecule has 0 spiro atoms. The molecule has 120 valence electrons. The Balaban J connectivity index is 2.72. The van der Waals surface area contributed by atoms with Crippen molar-refractivity contribution in [2.24, 2.45) is 0 Å². The van der Waals surface area contributed by atoms with E-state index in [0.29, 0.717) is 6.54 Å². The lowest BCUT2D eigenvalue weighted by atomic mass is 10.1. The number of rotatable bonds is 7. The third-order valence-electron chi connectivity index (χ3n) is 3.37. The molecule has 0 heterocycles. The number of aliphatic hydroxyl groups is 2. The predicted molar refractivity (Wildman–Crippen MR) is 75.0 cm³/mol. The number of halogens is 3. The van der Waals surface area contributed by atoms with Crippen LogP contribution < -0.4 is 0 Å². The molecule has 2 N–H and O–H groups in total. The summed E-state index contributed by atoms with van der Waals surface area (Å²) in [6.45, 7) is 3.58. The predicted octanol–water partition coefficient (Wildman–Crippen LogP) is 2.41. The van der Waals surface area contributed by atoms with Crippen LogP contribution in [-0.4, -0.2) is 47.1 Å². The average Bonchev–Trinajstić information content (AvgIpc) is 2.39. The van der Waals surface area contributed by atoms with Crippen LogP contribution in [0, 0.1) is 13.8 Å². The summed E-state index contributed by atoms with van der Waals surface area (Å²) in [5.41, 5.74) is 3.09. The Morgan fingerprint density at radius 2 is 1.86 bits per heavy atom. The minimum absolute atomic E-state index is 0.0134. The molecule has 1 atom stereocenters. The molecule has 1 aromatic rings. The van der Waals surface area contributed by atoms with Crippen molar-refractivity contribution < 1.29 is 23.4 Å². The van der Waals surface area contributed by atoms with Crippen molar-refractivity contribution in [3.05, 3.63) is 34.9 Å². The fourth-order valence-corrected chi connectivity index (χ4v) is 2.04. The van der Waals surface area contributed by atoms with Crippen molar-refractivity contribution in [2.45, 2.75) is 39.1 Å². The molecule has 0 bridgehead atoms. The van der Waals surface area contributed by atoms with Gasteiger partial charge >= 0.3 is 6.18 Å². The lowest BCUT2D eigenvalue weighted by Crippen LogP contribution is -2.36. The number of aryl methyl sites for hydroxylation is 2. The lowest BCUT2D eigenvalue weighted by molar-refractivity contribution is -0.139. The van der Waals surface area contributed by atoms with E-state index in [-0.39, 0.29) is 13.1 Å². The van der Waals surface area contributed by atoms with Gasteiger partial charge in [0.2, 0.25) is 0 Å². The number of hydrogen-bond donors (Lipinski definition) is 2. The van der Waals surface area contributed by atoms with E-state index < -0.39 is 25.3 Å². The first-order chi connectivity index (χ1) is 9.71. The van der Waals surface area contributed by atoms with Gasteiger partial charge in [-0.15, -0.1) is 0 Å². The van der Waals surface area contributed by atoms with E-state index in [1.807, 2.05) is 32.0 Å². The van der Waals surface area contributed by atoms with Gasteiger partial charge in [0.25, 0.3) is 0 Å². The maximum Gasteiger partial charge on any atom is 0.390 e. The summed E-state index contributed by atoms with van der Waals surface area (Å²) in [5.74, 6) is 0. The molecule has 0 saturated carbocycles. The standard InChI is InChI=1S/C15H22F3NO2/c1-11-3-4-13(7-12(11)2)8-19(9-14(21)10-20)6-5-15(16,17)18/h3-4,7,14,20-21H,5-6,8-10H2,1-2H3/t14-/m0/s1. The van der Waals surface area contributed by atoms with E-state index in [2.05, 4.69) is 0 Å². The van der Waals surface area contributed by atoms with Crippen molar-refractivity contribution in [3.63, 3.8) is 0 Å². The summed E-state index contributed by atoms with van der Waals surface area (Å²) in [7, 11) is 0. The quantitative estimate of drug-likeness (QED) is 0.813. The molecule has 0 unspecified atom stereocenters. The van der Waals surface area contributed by atoms with Crippen LogP contribution in [-0.2, 0) is 6.54 Å². The van der Waals surface area contributed by atoms with Crippen LogP contribution in [0.25, 0.3) is 0 Å². The molecule has 0 aliphatic carbocycles. The summed E-state index contributed by atoms with van der Waals surface area (Å²) >= 11 is 0. The van der Waals surface area contributed by atoms with Crippen LogP contribution in [0.4, 0.5) is 13.2 Å². The average molecular weight is 305 g/mol. The third-order valence-corrected chi connectivity index (χ3v) is 3.37. The zero-order valence-electron chi connectivity index (χ0n) is 12.3. The molecule has 0 aliphatic rings. The first-order valence-corrected chi connectivity index (χ1v) is 6.85. The Bertz CT molecular complexity index is 449. The molecule has 21 heavy (non-hydrogen) atoms. The van der Waals surface area contributed by atoms with Crippen LogP contribution >= 0.6 is 0 Å². The van der Waals surface area contributed by atoms with Gasteiger partial charge in [-0.3, -0.25) is 4.90 Å². The molecule has 3 nitrogen and oxygen atoms in total. The zero-order chi connectivity index (χ0) is 16.0.